The van der Waals surface area contributed by atoms with Crippen molar-refractivity contribution < 1.29 is 5.11 Å². The Morgan fingerprint density at radius 3 is 2.65 bits per heavy atom. The minimum absolute atomic E-state index is 0.541. The van der Waals surface area contributed by atoms with Crippen molar-refractivity contribution >= 4 is 0 Å². The fourth-order valence-corrected chi connectivity index (χ4v) is 2.85. The van der Waals surface area contributed by atoms with Crippen molar-refractivity contribution in [2.75, 3.05) is 0 Å². The number of aliphatic hydroxyl groups is 1. The molecule has 1 aromatic heterocycles. The number of rotatable bonds is 3. The van der Waals surface area contributed by atoms with Gasteiger partial charge in [-0.05, 0) is 31.6 Å². The summed E-state index contributed by atoms with van der Waals surface area (Å²) in [4.78, 5) is 4.34. The minimum Gasteiger partial charge on any atom is -0.388 e. The fraction of sp³-hybridized carbons (Fsp3) is 0.500. The van der Waals surface area contributed by atoms with Gasteiger partial charge in [0.1, 0.15) is 6.33 Å². The first-order valence-corrected chi connectivity index (χ1v) is 7.32. The summed E-state index contributed by atoms with van der Waals surface area (Å²) in [5.41, 5.74) is 0.393. The third kappa shape index (κ3) is 2.90. The highest BCUT2D eigenvalue weighted by molar-refractivity contribution is 5.53. The summed E-state index contributed by atoms with van der Waals surface area (Å²) in [6.45, 7) is 2.79. The molecule has 0 amide bonds. The lowest BCUT2D eigenvalue weighted by molar-refractivity contribution is -0.0244. The Balaban J connectivity index is 1.71. The molecule has 0 aliphatic heterocycles. The van der Waals surface area contributed by atoms with E-state index in [2.05, 4.69) is 17.0 Å². The average molecular weight is 271 g/mol. The largest absolute Gasteiger partial charge is 0.388 e. The molecule has 106 valence electrons. The maximum atomic E-state index is 10.6. The Labute approximate surface area is 119 Å². The second-order valence-corrected chi connectivity index (χ2v) is 6.04. The van der Waals surface area contributed by atoms with Crippen LogP contribution in [0.5, 0.6) is 0 Å². The van der Waals surface area contributed by atoms with Crippen molar-refractivity contribution in [3.8, 4) is 11.4 Å². The van der Waals surface area contributed by atoms with Crippen LogP contribution >= 0.6 is 0 Å². The first-order chi connectivity index (χ1) is 9.65. The third-order valence-electron chi connectivity index (χ3n) is 4.23. The standard InChI is InChI=1S/C16H21N3O/c1-13-7-9-16(20,10-8-13)11-19-12-17-15(18-19)14-5-3-2-4-6-14/h2-6,12-13,20H,7-11H2,1H3. The van der Waals surface area contributed by atoms with Crippen LogP contribution in [0.15, 0.2) is 36.7 Å². The van der Waals surface area contributed by atoms with Crippen molar-refractivity contribution in [2.45, 2.75) is 44.8 Å². The van der Waals surface area contributed by atoms with Crippen LogP contribution in [0.1, 0.15) is 32.6 Å². The van der Waals surface area contributed by atoms with Crippen molar-refractivity contribution in [3.63, 3.8) is 0 Å². The number of hydrogen-bond donors (Lipinski definition) is 1. The summed E-state index contributed by atoms with van der Waals surface area (Å²) in [5, 5.41) is 15.1. The molecule has 1 heterocycles. The summed E-state index contributed by atoms with van der Waals surface area (Å²) in [5.74, 6) is 1.45. The van der Waals surface area contributed by atoms with Crippen LogP contribution < -0.4 is 0 Å². The van der Waals surface area contributed by atoms with E-state index in [4.69, 9.17) is 0 Å². The monoisotopic (exact) mass is 271 g/mol. The zero-order valence-electron chi connectivity index (χ0n) is 11.9. The van der Waals surface area contributed by atoms with Gasteiger partial charge in [-0.25, -0.2) is 9.67 Å². The van der Waals surface area contributed by atoms with Crippen molar-refractivity contribution in [3.05, 3.63) is 36.7 Å². The summed E-state index contributed by atoms with van der Waals surface area (Å²) in [7, 11) is 0. The van der Waals surface area contributed by atoms with Gasteiger partial charge >= 0.3 is 0 Å². The quantitative estimate of drug-likeness (QED) is 0.934. The van der Waals surface area contributed by atoms with Gasteiger partial charge in [0.05, 0.1) is 12.1 Å². The van der Waals surface area contributed by atoms with Crippen LogP contribution in [0.4, 0.5) is 0 Å². The molecule has 0 atom stereocenters. The first-order valence-electron chi connectivity index (χ1n) is 7.32. The predicted octanol–water partition coefficient (Wildman–Crippen LogP) is 2.89. The molecule has 1 fully saturated rings. The SMILES string of the molecule is CC1CCC(O)(Cn2cnc(-c3ccccc3)n2)CC1. The first kappa shape index (κ1) is 13.3. The van der Waals surface area contributed by atoms with Crippen LogP contribution in [-0.4, -0.2) is 25.5 Å². The van der Waals surface area contributed by atoms with Gasteiger partial charge in [0.15, 0.2) is 5.82 Å². The molecule has 0 spiro atoms. The van der Waals surface area contributed by atoms with Gasteiger partial charge in [0, 0.05) is 5.56 Å². The molecule has 0 saturated heterocycles. The van der Waals surface area contributed by atoms with E-state index in [0.29, 0.717) is 6.54 Å². The van der Waals surface area contributed by atoms with Gasteiger partial charge in [-0.2, -0.15) is 5.10 Å². The van der Waals surface area contributed by atoms with E-state index < -0.39 is 5.60 Å². The van der Waals surface area contributed by atoms with Gasteiger partial charge in [-0.1, -0.05) is 37.3 Å². The lowest BCUT2D eigenvalue weighted by atomic mass is 9.79. The molecule has 0 unspecified atom stereocenters. The Hall–Kier alpha value is -1.68. The van der Waals surface area contributed by atoms with Crippen LogP contribution in [-0.2, 0) is 6.54 Å². The number of nitrogens with zero attached hydrogens (tertiary/aromatic N) is 3. The third-order valence-corrected chi connectivity index (χ3v) is 4.23. The van der Waals surface area contributed by atoms with E-state index in [1.807, 2.05) is 30.3 Å². The maximum Gasteiger partial charge on any atom is 0.181 e. The molecule has 0 radical (unpaired) electrons. The maximum absolute atomic E-state index is 10.6. The molecular weight excluding hydrogens is 250 g/mol. The Kier molecular flexibility index (Phi) is 3.57. The highest BCUT2D eigenvalue weighted by Crippen LogP contribution is 2.32. The Morgan fingerprint density at radius 1 is 1.25 bits per heavy atom. The second-order valence-electron chi connectivity index (χ2n) is 6.04. The van der Waals surface area contributed by atoms with Gasteiger partial charge in [0.2, 0.25) is 0 Å². The second kappa shape index (κ2) is 5.37. The predicted molar refractivity (Wildman–Crippen MR) is 78.0 cm³/mol. The summed E-state index contributed by atoms with van der Waals surface area (Å²) < 4.78 is 1.78. The zero-order valence-corrected chi connectivity index (χ0v) is 11.9. The van der Waals surface area contributed by atoms with Crippen molar-refractivity contribution in [1.29, 1.82) is 0 Å². The summed E-state index contributed by atoms with van der Waals surface area (Å²) >= 11 is 0. The van der Waals surface area contributed by atoms with E-state index >= 15 is 0 Å². The molecule has 20 heavy (non-hydrogen) atoms. The van der Waals surface area contributed by atoms with Gasteiger partial charge < -0.3 is 5.11 Å². The minimum atomic E-state index is -0.617. The molecule has 4 heteroatoms. The van der Waals surface area contributed by atoms with Gasteiger partial charge in [-0.15, -0.1) is 0 Å². The molecule has 1 aliphatic rings. The zero-order chi connectivity index (χ0) is 14.0. The molecule has 2 aromatic rings. The van der Waals surface area contributed by atoms with Crippen molar-refractivity contribution in [2.24, 2.45) is 5.92 Å². The topological polar surface area (TPSA) is 50.9 Å². The Bertz CT molecular complexity index is 556. The van der Waals surface area contributed by atoms with Crippen LogP contribution in [0.25, 0.3) is 11.4 Å². The fourth-order valence-electron chi connectivity index (χ4n) is 2.85. The Morgan fingerprint density at radius 2 is 1.95 bits per heavy atom. The van der Waals surface area contributed by atoms with Crippen LogP contribution in [0.2, 0.25) is 0 Å². The van der Waals surface area contributed by atoms with Gasteiger partial charge in [-0.3, -0.25) is 0 Å². The van der Waals surface area contributed by atoms with Crippen LogP contribution in [0.3, 0.4) is 0 Å². The summed E-state index contributed by atoms with van der Waals surface area (Å²) in [6, 6.07) is 9.93. The van der Waals surface area contributed by atoms with E-state index in [-0.39, 0.29) is 0 Å². The van der Waals surface area contributed by atoms with Gasteiger partial charge in [0.25, 0.3) is 0 Å². The van der Waals surface area contributed by atoms with E-state index in [1.165, 1.54) is 0 Å². The molecule has 3 rings (SSSR count). The highest BCUT2D eigenvalue weighted by Gasteiger charge is 2.32. The lowest BCUT2D eigenvalue weighted by Gasteiger charge is -2.34. The molecule has 1 N–H and O–H groups in total. The molecule has 1 saturated carbocycles. The smallest absolute Gasteiger partial charge is 0.181 e. The summed E-state index contributed by atoms with van der Waals surface area (Å²) in [6.07, 6.45) is 5.62. The van der Waals surface area contributed by atoms with E-state index in [0.717, 1.165) is 43.0 Å². The molecule has 1 aromatic carbocycles. The average Bonchev–Trinajstić information content (AvgIpc) is 2.92. The lowest BCUT2D eigenvalue weighted by Crippen LogP contribution is -2.38. The molecule has 1 aliphatic carbocycles. The van der Waals surface area contributed by atoms with Crippen molar-refractivity contribution in [1.82, 2.24) is 14.8 Å². The molecule has 4 nitrogen and oxygen atoms in total. The number of aromatic nitrogens is 3. The van der Waals surface area contributed by atoms with Crippen LogP contribution in [0, 0.1) is 5.92 Å². The normalized spacial score (nSPS) is 26.6. The van der Waals surface area contributed by atoms with E-state index in [1.54, 1.807) is 11.0 Å². The molecule has 0 bridgehead atoms. The number of benzene rings is 1. The highest BCUT2D eigenvalue weighted by atomic mass is 16.3. The molecular formula is C16H21N3O. The number of hydrogen-bond acceptors (Lipinski definition) is 3. The van der Waals surface area contributed by atoms with E-state index in [9.17, 15) is 5.11 Å².